The first-order chi connectivity index (χ1) is 14.8. The molecule has 7 nitrogen and oxygen atoms in total. The number of amides is 1. The van der Waals surface area contributed by atoms with Gasteiger partial charge in [-0.3, -0.25) is 9.36 Å². The number of hydrogen-bond acceptors (Lipinski definition) is 6. The number of nitrogens with one attached hydrogen (secondary N) is 1. The van der Waals surface area contributed by atoms with E-state index in [4.69, 9.17) is 4.42 Å². The average Bonchev–Trinajstić information content (AvgIpc) is 3.44. The molecule has 150 valence electrons. The van der Waals surface area contributed by atoms with Crippen LogP contribution in [-0.2, 0) is 11.2 Å². The molecule has 30 heavy (non-hydrogen) atoms. The van der Waals surface area contributed by atoms with Crippen LogP contribution in [-0.4, -0.2) is 32.6 Å². The van der Waals surface area contributed by atoms with Gasteiger partial charge >= 0.3 is 0 Å². The van der Waals surface area contributed by atoms with E-state index in [9.17, 15) is 4.79 Å². The van der Waals surface area contributed by atoms with E-state index in [1.165, 1.54) is 18.0 Å². The lowest BCUT2D eigenvalue weighted by molar-refractivity contribution is -0.118. The highest BCUT2D eigenvalue weighted by Crippen LogP contribution is 2.23. The number of thioether (sulfide) groups is 1. The Hall–Kier alpha value is -3.65. The Balaban J connectivity index is 1.47. The highest BCUT2D eigenvalue weighted by molar-refractivity contribution is 7.99. The van der Waals surface area contributed by atoms with Crippen molar-refractivity contribution in [2.24, 2.45) is 5.10 Å². The van der Waals surface area contributed by atoms with Crippen molar-refractivity contribution in [3.8, 4) is 5.69 Å². The van der Waals surface area contributed by atoms with Crippen LogP contribution in [0.2, 0.25) is 0 Å². The zero-order valence-corrected chi connectivity index (χ0v) is 16.8. The van der Waals surface area contributed by atoms with Crippen LogP contribution in [0.3, 0.4) is 0 Å². The molecular formula is C22H19N5O2S. The molecule has 0 aliphatic rings. The van der Waals surface area contributed by atoms with Crippen LogP contribution in [0.1, 0.15) is 17.1 Å². The predicted octanol–water partition coefficient (Wildman–Crippen LogP) is 3.69. The van der Waals surface area contributed by atoms with Gasteiger partial charge in [0.15, 0.2) is 5.16 Å². The number of rotatable bonds is 8. The van der Waals surface area contributed by atoms with E-state index in [-0.39, 0.29) is 11.7 Å². The van der Waals surface area contributed by atoms with Gasteiger partial charge in [0.2, 0.25) is 0 Å². The standard InChI is InChI=1S/C22H19N5O2S/c28-21(25-23-15-19-12-7-13-29-19)16-30-22-26-24-20(14-17-8-3-1-4-9-17)27(22)18-10-5-2-6-11-18/h1-13,15H,14,16H2,(H,25,28). The summed E-state index contributed by atoms with van der Waals surface area (Å²) < 4.78 is 7.12. The van der Waals surface area contributed by atoms with Gasteiger partial charge in [0.25, 0.3) is 5.91 Å². The van der Waals surface area contributed by atoms with Crippen molar-refractivity contribution in [2.45, 2.75) is 11.6 Å². The van der Waals surface area contributed by atoms with E-state index in [1.807, 2.05) is 53.1 Å². The van der Waals surface area contributed by atoms with E-state index >= 15 is 0 Å². The molecule has 1 amide bonds. The quantitative estimate of drug-likeness (QED) is 0.268. The lowest BCUT2D eigenvalue weighted by Crippen LogP contribution is -2.20. The molecule has 0 fully saturated rings. The van der Waals surface area contributed by atoms with Crippen molar-refractivity contribution in [1.29, 1.82) is 0 Å². The number of benzene rings is 2. The van der Waals surface area contributed by atoms with Crippen LogP contribution in [0.25, 0.3) is 5.69 Å². The van der Waals surface area contributed by atoms with Gasteiger partial charge in [0, 0.05) is 12.1 Å². The summed E-state index contributed by atoms with van der Waals surface area (Å²) in [7, 11) is 0. The maximum atomic E-state index is 12.2. The Morgan fingerprint density at radius 3 is 2.53 bits per heavy atom. The monoisotopic (exact) mass is 417 g/mol. The molecule has 0 aliphatic heterocycles. The number of nitrogens with zero attached hydrogens (tertiary/aromatic N) is 4. The maximum absolute atomic E-state index is 12.2. The topological polar surface area (TPSA) is 85.3 Å². The third kappa shape index (κ3) is 5.03. The molecule has 0 unspecified atom stereocenters. The first kappa shape index (κ1) is 19.7. The number of carbonyl (C=O) groups excluding carboxylic acids is 1. The van der Waals surface area contributed by atoms with Crippen LogP contribution >= 0.6 is 11.8 Å². The van der Waals surface area contributed by atoms with Gasteiger partial charge in [-0.1, -0.05) is 60.3 Å². The molecule has 1 N–H and O–H groups in total. The van der Waals surface area contributed by atoms with Crippen molar-refractivity contribution < 1.29 is 9.21 Å². The Bertz CT molecular complexity index is 1110. The SMILES string of the molecule is O=C(CSc1nnc(Cc2ccccc2)n1-c1ccccc1)NN=Cc1ccco1. The molecule has 2 heterocycles. The van der Waals surface area contributed by atoms with Crippen molar-refractivity contribution in [3.05, 3.63) is 96.2 Å². The Labute approximate surface area is 177 Å². The Kier molecular flexibility index (Phi) is 6.36. The van der Waals surface area contributed by atoms with Crippen LogP contribution in [0.15, 0.2) is 93.7 Å². The van der Waals surface area contributed by atoms with E-state index in [1.54, 1.807) is 18.4 Å². The number of furan rings is 1. The molecule has 4 rings (SSSR count). The average molecular weight is 417 g/mol. The zero-order valence-electron chi connectivity index (χ0n) is 16.0. The van der Waals surface area contributed by atoms with Crippen molar-refractivity contribution in [3.63, 3.8) is 0 Å². The minimum Gasteiger partial charge on any atom is -0.463 e. The van der Waals surface area contributed by atoms with E-state index in [0.717, 1.165) is 17.1 Å². The van der Waals surface area contributed by atoms with Crippen LogP contribution in [0, 0.1) is 0 Å². The molecule has 0 saturated heterocycles. The van der Waals surface area contributed by atoms with Gasteiger partial charge in [0.1, 0.15) is 11.6 Å². The summed E-state index contributed by atoms with van der Waals surface area (Å²) in [5.41, 5.74) is 4.58. The second-order valence-corrected chi connectivity index (χ2v) is 7.27. The highest BCUT2D eigenvalue weighted by Gasteiger charge is 2.16. The fourth-order valence-electron chi connectivity index (χ4n) is 2.82. The molecule has 0 saturated carbocycles. The maximum Gasteiger partial charge on any atom is 0.250 e. The van der Waals surface area contributed by atoms with E-state index in [0.29, 0.717) is 17.3 Å². The summed E-state index contributed by atoms with van der Waals surface area (Å²) in [5, 5.41) is 13.2. The number of carbonyl (C=O) groups is 1. The molecule has 0 spiro atoms. The second-order valence-electron chi connectivity index (χ2n) is 6.33. The first-order valence-corrected chi connectivity index (χ1v) is 10.3. The van der Waals surface area contributed by atoms with Gasteiger partial charge in [-0.15, -0.1) is 10.2 Å². The summed E-state index contributed by atoms with van der Waals surface area (Å²) in [6.07, 6.45) is 3.64. The van der Waals surface area contributed by atoms with Crippen molar-refractivity contribution in [2.75, 3.05) is 5.75 Å². The van der Waals surface area contributed by atoms with Gasteiger partial charge in [0.05, 0.1) is 18.2 Å². The summed E-state index contributed by atoms with van der Waals surface area (Å²) in [5.74, 6) is 1.30. The molecule has 0 radical (unpaired) electrons. The molecule has 0 aliphatic carbocycles. The molecular weight excluding hydrogens is 398 g/mol. The van der Waals surface area contributed by atoms with E-state index < -0.39 is 0 Å². The molecule has 0 bridgehead atoms. The Morgan fingerprint density at radius 1 is 1.03 bits per heavy atom. The molecule has 0 atom stereocenters. The molecule has 4 aromatic rings. The summed E-state index contributed by atoms with van der Waals surface area (Å²) in [6.45, 7) is 0. The number of aromatic nitrogens is 3. The summed E-state index contributed by atoms with van der Waals surface area (Å²) in [6, 6.07) is 23.5. The van der Waals surface area contributed by atoms with Gasteiger partial charge in [-0.05, 0) is 29.8 Å². The lowest BCUT2D eigenvalue weighted by Gasteiger charge is -2.10. The minimum atomic E-state index is -0.241. The Morgan fingerprint density at radius 2 is 1.80 bits per heavy atom. The fourth-order valence-corrected chi connectivity index (χ4v) is 3.58. The van der Waals surface area contributed by atoms with Gasteiger partial charge in [-0.2, -0.15) is 5.10 Å². The third-order valence-electron chi connectivity index (χ3n) is 4.18. The summed E-state index contributed by atoms with van der Waals surface area (Å²) >= 11 is 1.31. The van der Waals surface area contributed by atoms with Crippen LogP contribution < -0.4 is 5.43 Å². The highest BCUT2D eigenvalue weighted by atomic mass is 32.2. The lowest BCUT2D eigenvalue weighted by atomic mass is 10.1. The number of para-hydroxylation sites is 1. The minimum absolute atomic E-state index is 0.159. The first-order valence-electron chi connectivity index (χ1n) is 9.31. The molecule has 2 aromatic heterocycles. The normalized spacial score (nSPS) is 11.1. The van der Waals surface area contributed by atoms with Gasteiger partial charge < -0.3 is 4.42 Å². The van der Waals surface area contributed by atoms with Gasteiger partial charge in [-0.25, -0.2) is 5.43 Å². The predicted molar refractivity (Wildman–Crippen MR) is 116 cm³/mol. The summed E-state index contributed by atoms with van der Waals surface area (Å²) in [4.78, 5) is 12.2. The van der Waals surface area contributed by atoms with Crippen LogP contribution in [0.4, 0.5) is 0 Å². The largest absolute Gasteiger partial charge is 0.463 e. The fraction of sp³-hybridized carbons (Fsp3) is 0.0909. The third-order valence-corrected chi connectivity index (χ3v) is 5.11. The van der Waals surface area contributed by atoms with Crippen LogP contribution in [0.5, 0.6) is 0 Å². The second kappa shape index (κ2) is 9.71. The molecule has 2 aromatic carbocycles. The molecule has 8 heteroatoms. The number of hydrogen-bond donors (Lipinski definition) is 1. The number of hydrazone groups is 1. The van der Waals surface area contributed by atoms with Crippen molar-refractivity contribution >= 4 is 23.9 Å². The smallest absolute Gasteiger partial charge is 0.250 e. The van der Waals surface area contributed by atoms with Crippen molar-refractivity contribution in [1.82, 2.24) is 20.2 Å². The van der Waals surface area contributed by atoms with E-state index in [2.05, 4.69) is 32.9 Å². The zero-order chi connectivity index (χ0) is 20.6.